The van der Waals surface area contributed by atoms with Gasteiger partial charge in [-0.05, 0) is 103 Å². The van der Waals surface area contributed by atoms with Crippen LogP contribution in [0.5, 0.6) is 0 Å². The molecule has 0 bridgehead atoms. The lowest BCUT2D eigenvalue weighted by Crippen LogP contribution is -2.56. The maximum absolute atomic E-state index is 11.8. The van der Waals surface area contributed by atoms with E-state index >= 15 is 0 Å². The fourth-order valence-corrected chi connectivity index (χ4v) is 10.6. The third-order valence-electron chi connectivity index (χ3n) is 12.2. The van der Waals surface area contributed by atoms with Crippen molar-refractivity contribution < 1.29 is 14.6 Å². The number of aliphatic hydroxyl groups excluding tert-OH is 1. The van der Waals surface area contributed by atoms with Crippen LogP contribution in [0.4, 0.5) is 0 Å². The van der Waals surface area contributed by atoms with Crippen LogP contribution in [-0.4, -0.2) is 23.8 Å². The van der Waals surface area contributed by atoms with Crippen LogP contribution < -0.4 is 0 Å². The summed E-state index contributed by atoms with van der Waals surface area (Å²) in [6.07, 6.45) is 12.5. The van der Waals surface area contributed by atoms with Gasteiger partial charge in [0.05, 0.1) is 19.1 Å². The molecule has 0 aromatic rings. The van der Waals surface area contributed by atoms with Gasteiger partial charge in [0, 0.05) is 5.92 Å². The van der Waals surface area contributed by atoms with Crippen LogP contribution in [0.15, 0.2) is 0 Å². The number of hydrogen-bond donors (Lipinski definition) is 1. The van der Waals surface area contributed by atoms with E-state index in [4.69, 9.17) is 4.74 Å². The molecule has 1 saturated heterocycles. The molecule has 156 valence electrons. The van der Waals surface area contributed by atoms with Crippen LogP contribution in [-0.2, 0) is 9.53 Å². The summed E-state index contributed by atoms with van der Waals surface area (Å²) in [4.78, 5) is 11.8. The Balaban J connectivity index is 1.34. The second-order valence-corrected chi connectivity index (χ2v) is 12.3. The zero-order valence-corrected chi connectivity index (χ0v) is 18.0. The van der Waals surface area contributed by atoms with E-state index in [0.717, 1.165) is 18.3 Å². The molecule has 0 aromatic heterocycles. The summed E-state index contributed by atoms with van der Waals surface area (Å²) in [6.45, 7) is 8.24. The molecule has 10 atom stereocenters. The monoisotopic (exact) mass is 386 g/mol. The van der Waals surface area contributed by atoms with Crippen molar-refractivity contribution in [2.75, 3.05) is 6.61 Å². The van der Waals surface area contributed by atoms with Crippen LogP contribution in [0.2, 0.25) is 0 Å². The number of rotatable bonds is 1. The molecule has 5 aliphatic carbocycles. The minimum absolute atomic E-state index is 0.0332. The van der Waals surface area contributed by atoms with Gasteiger partial charge in [-0.25, -0.2) is 0 Å². The Bertz CT molecular complexity index is 719. The van der Waals surface area contributed by atoms with Gasteiger partial charge in [0.15, 0.2) is 0 Å². The van der Waals surface area contributed by atoms with Gasteiger partial charge in [-0.15, -0.1) is 0 Å². The third-order valence-corrected chi connectivity index (χ3v) is 12.2. The molecule has 10 unspecified atom stereocenters. The molecule has 0 radical (unpaired) electrons. The highest BCUT2D eigenvalue weighted by molar-refractivity contribution is 5.71. The normalized spacial score (nSPS) is 62.4. The first-order chi connectivity index (χ1) is 13.3. The number of ether oxygens (including phenoxy) is 1. The Kier molecular flexibility index (Phi) is 3.49. The first-order valence-corrected chi connectivity index (χ1v) is 12.1. The van der Waals surface area contributed by atoms with E-state index in [1.165, 1.54) is 51.4 Å². The molecule has 5 saturated carbocycles. The van der Waals surface area contributed by atoms with Gasteiger partial charge < -0.3 is 9.84 Å². The predicted molar refractivity (Wildman–Crippen MR) is 107 cm³/mol. The summed E-state index contributed by atoms with van der Waals surface area (Å²) in [7, 11) is 0. The molecule has 1 heterocycles. The molecule has 28 heavy (non-hydrogen) atoms. The van der Waals surface area contributed by atoms with E-state index in [9.17, 15) is 9.90 Å². The quantitative estimate of drug-likeness (QED) is 0.648. The molecular weight excluding hydrogens is 348 g/mol. The minimum atomic E-state index is -0.0648. The zero-order valence-electron chi connectivity index (χ0n) is 18.0. The topological polar surface area (TPSA) is 46.5 Å². The summed E-state index contributed by atoms with van der Waals surface area (Å²) in [5.74, 6) is 3.28. The molecule has 3 nitrogen and oxygen atoms in total. The fourth-order valence-electron chi connectivity index (χ4n) is 10.6. The third kappa shape index (κ3) is 1.86. The Morgan fingerprint density at radius 3 is 2.50 bits per heavy atom. The Hall–Kier alpha value is -0.570. The minimum Gasteiger partial charge on any atom is -0.465 e. The summed E-state index contributed by atoms with van der Waals surface area (Å²) in [5.41, 5.74) is 1.94. The number of carbonyl (C=O) groups is 1. The number of fused-ring (bicyclic) bond motifs is 2. The van der Waals surface area contributed by atoms with Crippen molar-refractivity contribution >= 4 is 5.97 Å². The lowest BCUT2D eigenvalue weighted by atomic mass is 9.43. The first kappa shape index (κ1) is 18.2. The van der Waals surface area contributed by atoms with Crippen molar-refractivity contribution in [1.82, 2.24) is 0 Å². The van der Waals surface area contributed by atoms with E-state index in [-0.39, 0.29) is 12.1 Å². The maximum Gasteiger partial charge on any atom is 0.306 e. The Morgan fingerprint density at radius 2 is 1.75 bits per heavy atom. The van der Waals surface area contributed by atoms with E-state index < -0.39 is 0 Å². The van der Waals surface area contributed by atoms with Gasteiger partial charge in [0.25, 0.3) is 0 Å². The Labute approximate surface area is 170 Å². The molecule has 6 fully saturated rings. The number of carbonyl (C=O) groups excluding carboxylic acids is 1. The fraction of sp³-hybridized carbons (Fsp3) is 0.960. The molecule has 0 aromatic carbocycles. The second kappa shape index (κ2) is 5.37. The molecule has 1 aliphatic heterocycles. The van der Waals surface area contributed by atoms with Crippen LogP contribution in [0, 0.1) is 51.2 Å². The van der Waals surface area contributed by atoms with Gasteiger partial charge in [-0.2, -0.15) is 0 Å². The van der Waals surface area contributed by atoms with Gasteiger partial charge in [-0.1, -0.05) is 20.8 Å². The molecule has 2 spiro atoms. The molecule has 3 heteroatoms. The smallest absolute Gasteiger partial charge is 0.306 e. The predicted octanol–water partition coefficient (Wildman–Crippen LogP) is 4.96. The van der Waals surface area contributed by atoms with Crippen molar-refractivity contribution in [1.29, 1.82) is 0 Å². The number of esters is 1. The largest absolute Gasteiger partial charge is 0.465 e. The van der Waals surface area contributed by atoms with Gasteiger partial charge >= 0.3 is 5.97 Å². The van der Waals surface area contributed by atoms with E-state index in [2.05, 4.69) is 20.8 Å². The molecule has 0 amide bonds. The molecule has 1 N–H and O–H groups in total. The van der Waals surface area contributed by atoms with Crippen molar-refractivity contribution in [2.45, 2.75) is 91.1 Å². The second-order valence-electron chi connectivity index (χ2n) is 12.3. The zero-order chi connectivity index (χ0) is 19.5. The van der Waals surface area contributed by atoms with Crippen molar-refractivity contribution in [3.05, 3.63) is 0 Å². The van der Waals surface area contributed by atoms with Crippen LogP contribution in [0.1, 0.15) is 85.0 Å². The highest BCUT2D eigenvalue weighted by atomic mass is 16.5. The SMILES string of the molecule is CC1C(O)CCC23CC24CCC2(C)C(C5COC(=O)C5)CCC2(C)C4CCC13. The van der Waals surface area contributed by atoms with Crippen LogP contribution in [0.25, 0.3) is 0 Å². The van der Waals surface area contributed by atoms with Gasteiger partial charge in [0.1, 0.15) is 0 Å². The summed E-state index contributed by atoms with van der Waals surface area (Å²) < 4.78 is 5.40. The van der Waals surface area contributed by atoms with Crippen molar-refractivity contribution in [3.8, 4) is 0 Å². The molecule has 6 aliphatic rings. The van der Waals surface area contributed by atoms with Crippen molar-refractivity contribution in [2.24, 2.45) is 51.2 Å². The van der Waals surface area contributed by atoms with E-state index in [0.29, 0.717) is 52.4 Å². The maximum atomic E-state index is 11.8. The lowest BCUT2D eigenvalue weighted by molar-refractivity contribution is -0.143. The van der Waals surface area contributed by atoms with E-state index in [1.54, 1.807) is 0 Å². The number of aliphatic hydroxyl groups is 1. The van der Waals surface area contributed by atoms with Crippen LogP contribution in [0.3, 0.4) is 0 Å². The molecule has 6 rings (SSSR count). The number of cyclic esters (lactones) is 1. The summed E-state index contributed by atoms with van der Waals surface area (Å²) in [5, 5.41) is 10.5. The standard InChI is InChI=1S/C25H38O3/c1-15-17-4-5-20-23(3)8-6-18(16-12-21(27)28-13-16)22(23,2)10-11-25(20)14-24(17,25)9-7-19(15)26/h15-20,26H,4-14H2,1-3H3. The lowest BCUT2D eigenvalue weighted by Gasteiger charge is -2.62. The molecular formula is C25H38O3. The average molecular weight is 387 g/mol. The summed E-state index contributed by atoms with van der Waals surface area (Å²) in [6, 6.07) is 0. The highest BCUT2D eigenvalue weighted by Gasteiger charge is 2.81. The average Bonchev–Trinajstić information content (AvgIpc) is 3.00. The van der Waals surface area contributed by atoms with E-state index in [1.807, 2.05) is 0 Å². The Morgan fingerprint density at radius 1 is 0.929 bits per heavy atom. The van der Waals surface area contributed by atoms with Crippen LogP contribution >= 0.6 is 0 Å². The first-order valence-electron chi connectivity index (χ1n) is 12.1. The summed E-state index contributed by atoms with van der Waals surface area (Å²) >= 11 is 0. The highest BCUT2D eigenvalue weighted by Crippen LogP contribution is 2.88. The van der Waals surface area contributed by atoms with Gasteiger partial charge in [-0.3, -0.25) is 4.79 Å². The van der Waals surface area contributed by atoms with Crippen molar-refractivity contribution in [3.63, 3.8) is 0 Å². The number of hydrogen-bond acceptors (Lipinski definition) is 3. The van der Waals surface area contributed by atoms with Gasteiger partial charge in [0.2, 0.25) is 0 Å².